The highest BCUT2D eigenvalue weighted by molar-refractivity contribution is 5.53. The summed E-state index contributed by atoms with van der Waals surface area (Å²) in [6.07, 6.45) is -1.77. The van der Waals surface area contributed by atoms with Crippen LogP contribution in [0.25, 0.3) is 0 Å². The Balaban J connectivity index is 1.32. The molecule has 2 aromatic heterocycles. The van der Waals surface area contributed by atoms with Gasteiger partial charge in [0.15, 0.2) is 0 Å². The third kappa shape index (κ3) is 6.10. The van der Waals surface area contributed by atoms with Crippen molar-refractivity contribution in [3.63, 3.8) is 0 Å². The zero-order valence-corrected chi connectivity index (χ0v) is 26.2. The van der Waals surface area contributed by atoms with Crippen molar-refractivity contribution in [2.45, 2.75) is 76.0 Å². The van der Waals surface area contributed by atoms with E-state index < -0.39 is 35.6 Å². The van der Waals surface area contributed by atoms with Crippen LogP contribution in [0.2, 0.25) is 0 Å². The first-order chi connectivity index (χ1) is 21.3. The van der Waals surface area contributed by atoms with Crippen LogP contribution in [0.4, 0.5) is 29.2 Å². The molecule has 3 N–H and O–H groups in total. The molecule has 1 unspecified atom stereocenters. The number of aliphatic hydroxyl groups is 1. The van der Waals surface area contributed by atoms with E-state index in [0.717, 1.165) is 24.9 Å². The fourth-order valence-electron chi connectivity index (χ4n) is 8.07. The van der Waals surface area contributed by atoms with Crippen LogP contribution in [0.1, 0.15) is 60.2 Å². The molecule has 1 aliphatic carbocycles. The lowest BCUT2D eigenvalue weighted by atomic mass is 9.75. The van der Waals surface area contributed by atoms with E-state index in [1.54, 1.807) is 0 Å². The molecule has 0 spiro atoms. The SMILES string of the molecule is C=CC(O)N1CC(CN(C)c2nc(OC[C@@]34CCCN3C[C@H](F)C4)nc3c2C[C@@H](C)[C@H](c2nc(N)cc(C)c2C(F)(F)F)C3)C1. The van der Waals surface area contributed by atoms with E-state index in [2.05, 4.69) is 21.4 Å². The third-order valence-electron chi connectivity index (χ3n) is 10.3. The second-order valence-electron chi connectivity index (χ2n) is 13.6. The minimum atomic E-state index is -4.58. The number of pyridine rings is 1. The molecule has 2 aromatic rings. The largest absolute Gasteiger partial charge is 0.461 e. The summed E-state index contributed by atoms with van der Waals surface area (Å²) in [4.78, 5) is 20.0. The van der Waals surface area contributed by atoms with Crippen molar-refractivity contribution in [3.05, 3.63) is 46.8 Å². The summed E-state index contributed by atoms with van der Waals surface area (Å²) < 4.78 is 63.6. The van der Waals surface area contributed by atoms with Crippen molar-refractivity contribution >= 4 is 11.6 Å². The van der Waals surface area contributed by atoms with Crippen LogP contribution in [-0.2, 0) is 19.0 Å². The van der Waals surface area contributed by atoms with Gasteiger partial charge in [-0.3, -0.25) is 9.80 Å². The molecule has 5 heterocycles. The standard InChI is InChI=1S/C32H43F4N7O2/c1-5-26(44)42-14-20(15-42)13-41(4)29-23-9-18(2)22(28-27(32(34,35)36)19(3)10-25(37)39-28)11-24(23)38-30(40-29)45-17-31-7-6-8-43(31)16-21(33)12-31/h5,10,18,20-22,26,44H,1,6-9,11-17H2,2-4H3,(H2,37,39)/t18-,21-,22-,26?,31+/m1/s1. The highest BCUT2D eigenvalue weighted by atomic mass is 19.4. The number of nitrogens with two attached hydrogens (primary N) is 1. The third-order valence-corrected chi connectivity index (χ3v) is 10.3. The fraction of sp³-hybridized carbons (Fsp3) is 0.656. The van der Waals surface area contributed by atoms with E-state index in [1.807, 2.05) is 18.9 Å². The molecule has 0 bridgehead atoms. The summed E-state index contributed by atoms with van der Waals surface area (Å²) in [6.45, 7) is 10.6. The fourth-order valence-corrected chi connectivity index (χ4v) is 8.07. The molecule has 0 aromatic carbocycles. The molecule has 45 heavy (non-hydrogen) atoms. The molecule has 9 nitrogen and oxygen atoms in total. The van der Waals surface area contributed by atoms with Crippen LogP contribution in [-0.4, -0.2) is 94.2 Å². The maximum absolute atomic E-state index is 14.4. The summed E-state index contributed by atoms with van der Waals surface area (Å²) in [7, 11) is 1.95. The van der Waals surface area contributed by atoms with Gasteiger partial charge < -0.3 is 20.5 Å². The molecule has 3 saturated heterocycles. The molecule has 0 amide bonds. The van der Waals surface area contributed by atoms with E-state index in [-0.39, 0.29) is 47.9 Å². The van der Waals surface area contributed by atoms with Gasteiger partial charge in [-0.2, -0.15) is 23.1 Å². The second-order valence-corrected chi connectivity index (χ2v) is 13.6. The summed E-state index contributed by atoms with van der Waals surface area (Å²) in [6, 6.07) is 1.42. The monoisotopic (exact) mass is 633 g/mol. The van der Waals surface area contributed by atoms with Gasteiger partial charge >= 0.3 is 12.2 Å². The summed E-state index contributed by atoms with van der Waals surface area (Å²) in [5, 5.41) is 10.1. The van der Waals surface area contributed by atoms with E-state index in [9.17, 15) is 22.7 Å². The van der Waals surface area contributed by atoms with E-state index in [1.165, 1.54) is 19.1 Å². The number of nitrogen functional groups attached to an aromatic ring is 1. The lowest BCUT2D eigenvalue weighted by Gasteiger charge is -2.43. The Kier molecular flexibility index (Phi) is 8.49. The van der Waals surface area contributed by atoms with Crippen molar-refractivity contribution in [2.24, 2.45) is 11.8 Å². The van der Waals surface area contributed by atoms with Gasteiger partial charge in [0.05, 0.1) is 22.5 Å². The van der Waals surface area contributed by atoms with Gasteiger partial charge in [-0.15, -0.1) is 0 Å². The predicted molar refractivity (Wildman–Crippen MR) is 163 cm³/mol. The number of likely N-dealkylation sites (tertiary alicyclic amines) is 1. The van der Waals surface area contributed by atoms with E-state index >= 15 is 0 Å². The molecule has 0 radical (unpaired) electrons. The molecule has 3 aliphatic heterocycles. The number of nitrogens with zero attached hydrogens (tertiary/aromatic N) is 6. The Morgan fingerprint density at radius 1 is 1.24 bits per heavy atom. The lowest BCUT2D eigenvalue weighted by molar-refractivity contribution is -0.139. The maximum atomic E-state index is 14.4. The zero-order chi connectivity index (χ0) is 32.3. The van der Waals surface area contributed by atoms with Crippen molar-refractivity contribution in [1.29, 1.82) is 0 Å². The molecular formula is C32H43F4N7O2. The maximum Gasteiger partial charge on any atom is 0.418 e. The second kappa shape index (κ2) is 12.0. The van der Waals surface area contributed by atoms with Crippen LogP contribution in [0.15, 0.2) is 18.7 Å². The number of halogens is 4. The smallest absolute Gasteiger partial charge is 0.418 e. The lowest BCUT2D eigenvalue weighted by Crippen LogP contribution is -2.54. The van der Waals surface area contributed by atoms with Gasteiger partial charge in [-0.05, 0) is 62.8 Å². The minimum Gasteiger partial charge on any atom is -0.461 e. The molecule has 0 saturated carbocycles. The molecule has 3 fully saturated rings. The number of aromatic nitrogens is 3. The van der Waals surface area contributed by atoms with Gasteiger partial charge in [0, 0.05) is 57.0 Å². The Morgan fingerprint density at radius 2 is 2.00 bits per heavy atom. The van der Waals surface area contributed by atoms with Crippen LogP contribution in [0.5, 0.6) is 6.01 Å². The number of aliphatic hydroxyl groups excluding tert-OH is 1. The first-order valence-corrected chi connectivity index (χ1v) is 15.8. The number of fused-ring (bicyclic) bond motifs is 2. The van der Waals surface area contributed by atoms with Crippen LogP contribution in [0, 0.1) is 18.8 Å². The average molecular weight is 634 g/mol. The summed E-state index contributed by atoms with van der Waals surface area (Å²) in [5.74, 6) is 0.269. The van der Waals surface area contributed by atoms with Gasteiger partial charge in [-0.1, -0.05) is 13.5 Å². The van der Waals surface area contributed by atoms with Gasteiger partial charge in [0.2, 0.25) is 0 Å². The molecule has 13 heteroatoms. The number of ether oxygens (including phenoxy) is 1. The normalized spacial score (nSPS) is 28.0. The Hall–Kier alpha value is -3.03. The van der Waals surface area contributed by atoms with Crippen LogP contribution in [0.3, 0.4) is 0 Å². The Morgan fingerprint density at radius 3 is 2.71 bits per heavy atom. The van der Waals surface area contributed by atoms with E-state index in [4.69, 9.17) is 20.4 Å². The summed E-state index contributed by atoms with van der Waals surface area (Å²) in [5.41, 5.74) is 6.36. The predicted octanol–water partition coefficient (Wildman–Crippen LogP) is 4.13. The highest BCUT2D eigenvalue weighted by Gasteiger charge is 2.49. The molecule has 6 rings (SSSR count). The zero-order valence-electron chi connectivity index (χ0n) is 26.2. The van der Waals surface area contributed by atoms with Crippen LogP contribution < -0.4 is 15.4 Å². The van der Waals surface area contributed by atoms with Crippen molar-refractivity contribution < 1.29 is 27.4 Å². The number of hydrogen-bond donors (Lipinski definition) is 2. The van der Waals surface area contributed by atoms with Gasteiger partial charge in [0.1, 0.15) is 30.6 Å². The average Bonchev–Trinajstić information content (AvgIpc) is 3.46. The summed E-state index contributed by atoms with van der Waals surface area (Å²) >= 11 is 0. The Labute approximate surface area is 261 Å². The first kappa shape index (κ1) is 31.9. The Bertz CT molecular complexity index is 1440. The molecule has 5 atom stereocenters. The van der Waals surface area contributed by atoms with Crippen LogP contribution >= 0.6 is 0 Å². The molecule has 246 valence electrons. The number of alkyl halides is 4. The quantitative estimate of drug-likeness (QED) is 0.312. The van der Waals surface area contributed by atoms with Crippen molar-refractivity contribution in [3.8, 4) is 6.01 Å². The molecular weight excluding hydrogens is 590 g/mol. The topological polar surface area (TPSA) is 104 Å². The number of anilines is 2. The van der Waals surface area contributed by atoms with Crippen molar-refractivity contribution in [1.82, 2.24) is 24.8 Å². The van der Waals surface area contributed by atoms with Gasteiger partial charge in [-0.25, -0.2) is 9.37 Å². The van der Waals surface area contributed by atoms with E-state index in [0.29, 0.717) is 50.5 Å². The number of aryl methyl sites for hydroxylation is 1. The highest BCUT2D eigenvalue weighted by Crippen LogP contribution is 2.45. The van der Waals surface area contributed by atoms with Gasteiger partial charge in [0.25, 0.3) is 0 Å². The molecule has 4 aliphatic rings. The number of hydrogen-bond acceptors (Lipinski definition) is 9. The number of rotatable bonds is 9. The first-order valence-electron chi connectivity index (χ1n) is 15.8. The minimum absolute atomic E-state index is 0.0503. The van der Waals surface area contributed by atoms with Crippen molar-refractivity contribution in [2.75, 3.05) is 57.0 Å².